The molecule has 1 aliphatic carbocycles. The molecule has 0 spiro atoms. The van der Waals surface area contributed by atoms with E-state index in [1.54, 1.807) is 24.3 Å². The number of Topliss-reactive ketones (excluding diaryl/α,β-unsaturated/α-hetero) is 1. The van der Waals surface area contributed by atoms with Gasteiger partial charge in [-0.3, -0.25) is 29.3 Å². The number of rotatable bonds is 5. The molecule has 7 nitrogen and oxygen atoms in total. The number of ketones is 1. The topological polar surface area (TPSA) is 95.0 Å². The number of aromatic amines is 1. The van der Waals surface area contributed by atoms with Gasteiger partial charge in [-0.1, -0.05) is 36.4 Å². The summed E-state index contributed by atoms with van der Waals surface area (Å²) < 4.78 is 0. The van der Waals surface area contributed by atoms with Gasteiger partial charge in [0.05, 0.1) is 29.4 Å². The molecule has 1 N–H and O–H groups in total. The Balaban J connectivity index is 1.18. The molecule has 0 unspecified atom stereocenters. The van der Waals surface area contributed by atoms with Gasteiger partial charge in [0, 0.05) is 29.6 Å². The maximum absolute atomic E-state index is 13.5. The molecule has 3 aliphatic rings. The Morgan fingerprint density at radius 3 is 2.32 bits per heavy atom. The van der Waals surface area contributed by atoms with E-state index in [0.717, 1.165) is 42.5 Å². The molecule has 0 bridgehead atoms. The molecular weight excluding hydrogens is 464 g/mol. The normalized spacial score (nSPS) is 22.1. The van der Waals surface area contributed by atoms with Crippen molar-refractivity contribution in [1.82, 2.24) is 9.88 Å². The van der Waals surface area contributed by atoms with Crippen molar-refractivity contribution in [2.45, 2.75) is 45.2 Å². The number of amides is 2. The summed E-state index contributed by atoms with van der Waals surface area (Å²) in [7, 11) is 0. The summed E-state index contributed by atoms with van der Waals surface area (Å²) in [5.74, 6) is -0.237. The van der Waals surface area contributed by atoms with Crippen LogP contribution in [0.15, 0.2) is 70.8 Å². The number of nitrogens with zero attached hydrogens (tertiary/aromatic N) is 3. The molecule has 1 saturated carbocycles. The number of hydrogen-bond acceptors (Lipinski definition) is 5. The number of carbonyl (C=O) groups excluding carboxylic acids is 3. The first-order valence-electron chi connectivity index (χ1n) is 12.9. The highest BCUT2D eigenvalue weighted by Crippen LogP contribution is 2.31. The molecular formula is C30H28N4O3. The summed E-state index contributed by atoms with van der Waals surface area (Å²) >= 11 is 0. The number of hydrogen-bond donors (Lipinski definition) is 1. The first-order valence-corrected chi connectivity index (χ1v) is 12.9. The second-order valence-corrected chi connectivity index (χ2v) is 10.1. The summed E-state index contributed by atoms with van der Waals surface area (Å²) in [6, 6.07) is 16.6. The number of aromatic nitrogens is 1. The van der Waals surface area contributed by atoms with Gasteiger partial charge in [0.2, 0.25) is 5.78 Å². The SMILES string of the molecule is Cc1ccccc1C(=O)C1=NCc2[nH]ccc2C1=NC1CCC(CN2C(=O)c3ccccc3C2=O)CC1. The van der Waals surface area contributed by atoms with Gasteiger partial charge in [-0.25, -0.2) is 0 Å². The van der Waals surface area contributed by atoms with Crippen LogP contribution < -0.4 is 0 Å². The zero-order chi connectivity index (χ0) is 25.5. The molecule has 186 valence electrons. The standard InChI is InChI=1S/C30H28N4O3/c1-18-6-2-3-7-21(18)28(35)27-26(24-14-15-31-25(24)16-32-27)33-20-12-10-19(11-13-20)17-34-29(36)22-8-4-5-9-23(22)30(34)37/h2-9,14-15,19-20,31H,10-13,16-17H2,1H3. The number of carbonyl (C=O) groups is 3. The fourth-order valence-corrected chi connectivity index (χ4v) is 5.68. The molecule has 0 saturated heterocycles. The van der Waals surface area contributed by atoms with E-state index < -0.39 is 0 Å². The highest BCUT2D eigenvalue weighted by atomic mass is 16.2. The van der Waals surface area contributed by atoms with Crippen LogP contribution in [0.5, 0.6) is 0 Å². The van der Waals surface area contributed by atoms with Crippen molar-refractivity contribution in [3.05, 3.63) is 94.3 Å². The zero-order valence-electron chi connectivity index (χ0n) is 20.7. The van der Waals surface area contributed by atoms with Gasteiger partial charge in [-0.05, 0) is 62.3 Å². The highest BCUT2D eigenvalue weighted by Gasteiger charge is 2.37. The fraction of sp³-hybridized carbons (Fsp3) is 0.300. The minimum absolute atomic E-state index is 0.0594. The molecule has 7 heteroatoms. The predicted molar refractivity (Wildman–Crippen MR) is 142 cm³/mol. The lowest BCUT2D eigenvalue weighted by molar-refractivity contribution is 0.0615. The van der Waals surface area contributed by atoms with E-state index in [1.165, 1.54) is 4.90 Å². The van der Waals surface area contributed by atoms with Gasteiger partial charge in [-0.2, -0.15) is 0 Å². The van der Waals surface area contributed by atoms with Crippen molar-refractivity contribution in [3.8, 4) is 0 Å². The van der Waals surface area contributed by atoms with E-state index in [0.29, 0.717) is 41.2 Å². The Kier molecular flexibility index (Phi) is 5.91. The van der Waals surface area contributed by atoms with Gasteiger partial charge < -0.3 is 4.98 Å². The van der Waals surface area contributed by atoms with Crippen LogP contribution in [0.3, 0.4) is 0 Å². The number of H-pyrrole nitrogens is 1. The van der Waals surface area contributed by atoms with E-state index in [9.17, 15) is 14.4 Å². The maximum Gasteiger partial charge on any atom is 0.261 e. The smallest absolute Gasteiger partial charge is 0.261 e. The second-order valence-electron chi connectivity index (χ2n) is 10.1. The maximum atomic E-state index is 13.5. The Bertz CT molecular complexity index is 1440. The van der Waals surface area contributed by atoms with Crippen LogP contribution in [0.4, 0.5) is 0 Å². The summed E-state index contributed by atoms with van der Waals surface area (Å²) in [5, 5.41) is 0. The molecule has 2 aromatic carbocycles. The van der Waals surface area contributed by atoms with Crippen molar-refractivity contribution < 1.29 is 14.4 Å². The van der Waals surface area contributed by atoms with Gasteiger partial charge in [0.25, 0.3) is 11.8 Å². The number of aryl methyl sites for hydroxylation is 1. The molecule has 6 rings (SSSR count). The molecule has 1 fully saturated rings. The number of imide groups is 1. The lowest BCUT2D eigenvalue weighted by Crippen LogP contribution is -2.36. The molecule has 2 aliphatic heterocycles. The van der Waals surface area contributed by atoms with Crippen LogP contribution in [0.1, 0.15) is 73.6 Å². The first-order chi connectivity index (χ1) is 18.0. The minimum Gasteiger partial charge on any atom is -0.363 e. The van der Waals surface area contributed by atoms with Crippen molar-refractivity contribution >= 4 is 29.0 Å². The van der Waals surface area contributed by atoms with Crippen molar-refractivity contribution in [1.29, 1.82) is 0 Å². The largest absolute Gasteiger partial charge is 0.363 e. The lowest BCUT2D eigenvalue weighted by Gasteiger charge is -2.29. The van der Waals surface area contributed by atoms with E-state index in [-0.39, 0.29) is 29.6 Å². The Morgan fingerprint density at radius 2 is 1.62 bits per heavy atom. The van der Waals surface area contributed by atoms with Crippen LogP contribution in [0.2, 0.25) is 0 Å². The summed E-state index contributed by atoms with van der Waals surface area (Å²) in [5.41, 5.74) is 5.57. The number of benzene rings is 2. The fourth-order valence-electron chi connectivity index (χ4n) is 5.68. The quantitative estimate of drug-likeness (QED) is 0.409. The number of nitrogens with one attached hydrogen (secondary N) is 1. The van der Waals surface area contributed by atoms with Crippen LogP contribution in [0.25, 0.3) is 0 Å². The minimum atomic E-state index is -0.194. The van der Waals surface area contributed by atoms with Crippen LogP contribution >= 0.6 is 0 Å². The highest BCUT2D eigenvalue weighted by molar-refractivity contribution is 6.73. The predicted octanol–water partition coefficient (Wildman–Crippen LogP) is 4.80. The third-order valence-corrected chi connectivity index (χ3v) is 7.76. The van der Waals surface area contributed by atoms with Crippen molar-refractivity contribution in [2.75, 3.05) is 6.54 Å². The van der Waals surface area contributed by atoms with E-state index >= 15 is 0 Å². The number of aliphatic imine (C=N–C) groups is 2. The average molecular weight is 493 g/mol. The Morgan fingerprint density at radius 1 is 0.946 bits per heavy atom. The summed E-state index contributed by atoms with van der Waals surface area (Å²) in [4.78, 5) is 53.4. The molecule has 0 radical (unpaired) electrons. The third-order valence-electron chi connectivity index (χ3n) is 7.76. The number of fused-ring (bicyclic) bond motifs is 2. The van der Waals surface area contributed by atoms with E-state index in [4.69, 9.17) is 4.99 Å². The van der Waals surface area contributed by atoms with Crippen LogP contribution in [0, 0.1) is 12.8 Å². The van der Waals surface area contributed by atoms with Crippen molar-refractivity contribution in [2.24, 2.45) is 15.9 Å². The molecule has 3 aromatic rings. The second kappa shape index (κ2) is 9.39. The monoisotopic (exact) mass is 492 g/mol. The van der Waals surface area contributed by atoms with E-state index in [1.807, 2.05) is 43.5 Å². The van der Waals surface area contributed by atoms with E-state index in [2.05, 4.69) is 9.98 Å². The average Bonchev–Trinajstić information content (AvgIpc) is 3.49. The lowest BCUT2D eigenvalue weighted by atomic mass is 9.85. The molecule has 3 heterocycles. The zero-order valence-corrected chi connectivity index (χ0v) is 20.7. The molecule has 0 atom stereocenters. The van der Waals surface area contributed by atoms with Gasteiger partial charge in [0.15, 0.2) is 0 Å². The third kappa shape index (κ3) is 4.14. The molecule has 1 aromatic heterocycles. The van der Waals surface area contributed by atoms with Crippen LogP contribution in [-0.4, -0.2) is 51.5 Å². The van der Waals surface area contributed by atoms with Gasteiger partial charge >= 0.3 is 0 Å². The molecule has 2 amide bonds. The van der Waals surface area contributed by atoms with Gasteiger partial charge in [-0.15, -0.1) is 0 Å². The van der Waals surface area contributed by atoms with Gasteiger partial charge in [0.1, 0.15) is 5.71 Å². The van der Waals surface area contributed by atoms with Crippen molar-refractivity contribution in [3.63, 3.8) is 0 Å². The summed E-state index contributed by atoms with van der Waals surface area (Å²) in [6.07, 6.45) is 5.28. The first kappa shape index (κ1) is 23.3. The molecule has 37 heavy (non-hydrogen) atoms. The Labute approximate surface area is 215 Å². The summed E-state index contributed by atoms with van der Waals surface area (Å²) in [6.45, 7) is 2.81. The Hall–Kier alpha value is -4.13. The van der Waals surface area contributed by atoms with Crippen LogP contribution in [-0.2, 0) is 6.54 Å².